The second-order valence-corrected chi connectivity index (χ2v) is 6.04. The maximum absolute atomic E-state index is 14.2. The van der Waals surface area contributed by atoms with E-state index >= 15 is 0 Å². The van der Waals surface area contributed by atoms with Crippen molar-refractivity contribution in [2.75, 3.05) is 7.11 Å². The summed E-state index contributed by atoms with van der Waals surface area (Å²) in [7, 11) is 1.22. The van der Waals surface area contributed by atoms with Gasteiger partial charge in [-0.1, -0.05) is 17.3 Å². The van der Waals surface area contributed by atoms with E-state index in [1.54, 1.807) is 0 Å². The average Bonchev–Trinajstić information content (AvgIpc) is 3.17. The van der Waals surface area contributed by atoms with Crippen LogP contribution >= 0.6 is 0 Å². The molecule has 0 saturated carbocycles. The highest BCUT2D eigenvalue weighted by atomic mass is 19.3. The van der Waals surface area contributed by atoms with E-state index in [1.165, 1.54) is 54.4 Å². The molecule has 0 aliphatic carbocycles. The molecular weight excluding hydrogens is 408 g/mol. The molecule has 2 aromatic carbocycles. The molecule has 0 spiro atoms. The number of ether oxygens (including phenoxy) is 2. The lowest BCUT2D eigenvalue weighted by Crippen LogP contribution is -2.27. The summed E-state index contributed by atoms with van der Waals surface area (Å²) in [5, 5.41) is 10.1. The third-order valence-corrected chi connectivity index (χ3v) is 4.03. The fourth-order valence-corrected chi connectivity index (χ4v) is 2.58. The van der Waals surface area contributed by atoms with Gasteiger partial charge in [-0.15, -0.1) is 5.10 Å². The highest BCUT2D eigenvalue weighted by Gasteiger charge is 2.18. The van der Waals surface area contributed by atoms with Gasteiger partial charge in [-0.05, 0) is 29.8 Å². The van der Waals surface area contributed by atoms with Crippen LogP contribution in [0.3, 0.4) is 0 Å². The van der Waals surface area contributed by atoms with E-state index < -0.39 is 24.2 Å². The van der Waals surface area contributed by atoms with Gasteiger partial charge in [-0.3, -0.25) is 4.79 Å². The Labute approximate surface area is 168 Å². The van der Waals surface area contributed by atoms with Crippen LogP contribution in [0.25, 0.3) is 11.3 Å². The van der Waals surface area contributed by atoms with Crippen LogP contribution in [0.5, 0.6) is 11.5 Å². The van der Waals surface area contributed by atoms with E-state index in [0.29, 0.717) is 5.56 Å². The second kappa shape index (κ2) is 9.25. The number of hydrogen-bond donors (Lipinski definition) is 1. The van der Waals surface area contributed by atoms with Gasteiger partial charge in [0.15, 0.2) is 11.6 Å². The van der Waals surface area contributed by atoms with Gasteiger partial charge in [0.25, 0.3) is 0 Å². The minimum Gasteiger partial charge on any atom is -0.494 e. The number of carbonyl (C=O) groups excluding carboxylic acids is 1. The SMILES string of the molecule is COc1ccc(-c2cn(CC(=O)NCc3ccc(OC(F)F)cc3)nn2)c(F)c1F. The summed E-state index contributed by atoms with van der Waals surface area (Å²) in [6.07, 6.45) is 1.31. The van der Waals surface area contributed by atoms with Crippen LogP contribution in [0.15, 0.2) is 42.6 Å². The zero-order valence-corrected chi connectivity index (χ0v) is 15.6. The van der Waals surface area contributed by atoms with Gasteiger partial charge in [0.2, 0.25) is 11.7 Å². The van der Waals surface area contributed by atoms with Crippen LogP contribution in [0.2, 0.25) is 0 Å². The van der Waals surface area contributed by atoms with Crippen molar-refractivity contribution in [1.82, 2.24) is 20.3 Å². The van der Waals surface area contributed by atoms with Gasteiger partial charge in [-0.25, -0.2) is 9.07 Å². The van der Waals surface area contributed by atoms with E-state index in [-0.39, 0.29) is 35.8 Å². The molecular formula is C19H16F4N4O3. The normalized spacial score (nSPS) is 10.9. The van der Waals surface area contributed by atoms with E-state index in [9.17, 15) is 22.4 Å². The van der Waals surface area contributed by atoms with Crippen molar-refractivity contribution < 1.29 is 31.8 Å². The standard InChI is InChI=1S/C19H16F4N4O3/c1-29-15-7-6-13(17(20)18(15)21)14-9-27(26-25-14)10-16(28)24-8-11-2-4-12(5-3-11)30-19(22)23/h2-7,9,19H,8,10H2,1H3,(H,24,28). The zero-order chi connectivity index (χ0) is 21.7. The van der Waals surface area contributed by atoms with Gasteiger partial charge in [-0.2, -0.15) is 13.2 Å². The highest BCUT2D eigenvalue weighted by molar-refractivity contribution is 5.75. The Balaban J connectivity index is 1.58. The van der Waals surface area contributed by atoms with Crippen molar-refractivity contribution in [3.63, 3.8) is 0 Å². The molecule has 11 heteroatoms. The summed E-state index contributed by atoms with van der Waals surface area (Å²) in [6.45, 7) is -2.97. The molecule has 3 aromatic rings. The number of amides is 1. The topological polar surface area (TPSA) is 78.3 Å². The molecule has 1 aromatic heterocycles. The lowest BCUT2D eigenvalue weighted by Gasteiger charge is -2.07. The Bertz CT molecular complexity index is 1030. The molecule has 0 aliphatic heterocycles. The molecule has 0 atom stereocenters. The third-order valence-electron chi connectivity index (χ3n) is 4.03. The minimum absolute atomic E-state index is 0.0115. The number of nitrogens with zero attached hydrogens (tertiary/aromatic N) is 3. The number of carbonyl (C=O) groups is 1. The molecule has 158 valence electrons. The summed E-state index contributed by atoms with van der Waals surface area (Å²) in [5.41, 5.74) is 0.600. The van der Waals surface area contributed by atoms with Crippen molar-refractivity contribution in [2.45, 2.75) is 19.7 Å². The van der Waals surface area contributed by atoms with E-state index in [2.05, 4.69) is 20.4 Å². The molecule has 0 fully saturated rings. The number of hydrogen-bond acceptors (Lipinski definition) is 5. The summed E-state index contributed by atoms with van der Waals surface area (Å²) in [5.74, 6) is -2.92. The van der Waals surface area contributed by atoms with E-state index in [1.807, 2.05) is 0 Å². The van der Waals surface area contributed by atoms with Crippen molar-refractivity contribution >= 4 is 5.91 Å². The van der Waals surface area contributed by atoms with E-state index in [0.717, 1.165) is 0 Å². The van der Waals surface area contributed by atoms with Crippen LogP contribution in [-0.2, 0) is 17.9 Å². The first-order valence-electron chi connectivity index (χ1n) is 8.60. The predicted molar refractivity (Wildman–Crippen MR) is 96.8 cm³/mol. The number of methoxy groups -OCH3 is 1. The number of benzene rings is 2. The van der Waals surface area contributed by atoms with Crippen LogP contribution < -0.4 is 14.8 Å². The Morgan fingerprint density at radius 1 is 1.13 bits per heavy atom. The monoisotopic (exact) mass is 424 g/mol. The Morgan fingerprint density at radius 3 is 2.53 bits per heavy atom. The van der Waals surface area contributed by atoms with Gasteiger partial charge >= 0.3 is 6.61 Å². The molecule has 0 aliphatic rings. The van der Waals surface area contributed by atoms with Crippen molar-refractivity contribution in [1.29, 1.82) is 0 Å². The first-order chi connectivity index (χ1) is 14.4. The third kappa shape index (κ3) is 5.04. The molecule has 7 nitrogen and oxygen atoms in total. The quantitative estimate of drug-likeness (QED) is 0.562. The molecule has 1 N–H and O–H groups in total. The van der Waals surface area contributed by atoms with Crippen molar-refractivity contribution in [3.8, 4) is 22.8 Å². The molecule has 0 bridgehead atoms. The fourth-order valence-electron chi connectivity index (χ4n) is 2.58. The zero-order valence-electron chi connectivity index (χ0n) is 15.6. The summed E-state index contributed by atoms with van der Waals surface area (Å²) in [6, 6.07) is 8.35. The van der Waals surface area contributed by atoms with Crippen LogP contribution in [-0.4, -0.2) is 34.6 Å². The molecule has 0 saturated heterocycles. The van der Waals surface area contributed by atoms with Crippen LogP contribution in [0, 0.1) is 11.6 Å². The largest absolute Gasteiger partial charge is 0.494 e. The van der Waals surface area contributed by atoms with Gasteiger partial charge in [0.05, 0.1) is 13.3 Å². The average molecular weight is 424 g/mol. The number of aromatic nitrogens is 3. The number of nitrogens with one attached hydrogen (secondary N) is 1. The summed E-state index contributed by atoms with van der Waals surface area (Å²) in [4.78, 5) is 12.1. The smallest absolute Gasteiger partial charge is 0.387 e. The second-order valence-electron chi connectivity index (χ2n) is 6.04. The first-order valence-corrected chi connectivity index (χ1v) is 8.60. The predicted octanol–water partition coefficient (Wildman–Crippen LogP) is 3.15. The Morgan fingerprint density at radius 2 is 1.87 bits per heavy atom. The molecule has 0 unspecified atom stereocenters. The molecule has 1 amide bonds. The number of halogens is 4. The summed E-state index contributed by atoms with van der Waals surface area (Å²) < 4.78 is 62.4. The lowest BCUT2D eigenvalue weighted by atomic mass is 10.1. The van der Waals surface area contributed by atoms with Crippen LogP contribution in [0.4, 0.5) is 17.6 Å². The van der Waals surface area contributed by atoms with Gasteiger partial charge < -0.3 is 14.8 Å². The lowest BCUT2D eigenvalue weighted by molar-refractivity contribution is -0.122. The summed E-state index contributed by atoms with van der Waals surface area (Å²) >= 11 is 0. The Kier molecular flexibility index (Phi) is 6.50. The van der Waals surface area contributed by atoms with Crippen LogP contribution in [0.1, 0.15) is 5.56 Å². The molecule has 0 radical (unpaired) electrons. The number of alkyl halides is 2. The van der Waals surface area contributed by atoms with Crippen molar-refractivity contribution in [3.05, 3.63) is 59.8 Å². The molecule has 3 rings (SSSR count). The number of rotatable bonds is 8. The van der Waals surface area contributed by atoms with Gasteiger partial charge in [0, 0.05) is 12.1 Å². The fraction of sp³-hybridized carbons (Fsp3) is 0.211. The van der Waals surface area contributed by atoms with Crippen molar-refractivity contribution in [2.24, 2.45) is 0 Å². The maximum Gasteiger partial charge on any atom is 0.387 e. The highest BCUT2D eigenvalue weighted by Crippen LogP contribution is 2.28. The maximum atomic E-state index is 14.2. The van der Waals surface area contributed by atoms with E-state index in [4.69, 9.17) is 4.74 Å². The molecule has 1 heterocycles. The molecule has 30 heavy (non-hydrogen) atoms. The minimum atomic E-state index is -2.91. The first kappa shape index (κ1) is 21.1. The van der Waals surface area contributed by atoms with Gasteiger partial charge in [0.1, 0.15) is 18.0 Å². The Hall–Kier alpha value is -3.63.